The second-order valence-electron chi connectivity index (χ2n) is 3.92. The molecule has 0 aliphatic carbocycles. The second kappa shape index (κ2) is 6.04. The average Bonchev–Trinajstić information content (AvgIpc) is 2.80. The molecule has 0 aliphatic heterocycles. The Hall–Kier alpha value is -1.22. The molecule has 2 rings (SSSR count). The van der Waals surface area contributed by atoms with Crippen LogP contribution in [0.4, 0.5) is 4.39 Å². The van der Waals surface area contributed by atoms with Crippen LogP contribution in [-0.2, 0) is 23.2 Å². The van der Waals surface area contributed by atoms with E-state index in [1.54, 1.807) is 6.07 Å². The van der Waals surface area contributed by atoms with Crippen molar-refractivity contribution >= 4 is 26.0 Å². The van der Waals surface area contributed by atoms with E-state index in [0.717, 1.165) is 0 Å². The highest BCUT2D eigenvalue weighted by Crippen LogP contribution is 2.26. The van der Waals surface area contributed by atoms with E-state index in [1.807, 2.05) is 0 Å². The van der Waals surface area contributed by atoms with Crippen molar-refractivity contribution in [2.24, 2.45) is 0 Å². The summed E-state index contributed by atoms with van der Waals surface area (Å²) in [6.45, 7) is -0.595. The smallest absolute Gasteiger partial charge is 0.245 e. The Balaban J connectivity index is 2.19. The predicted molar refractivity (Wildman–Crippen MR) is 72.8 cm³/mol. The lowest BCUT2D eigenvalue weighted by molar-refractivity contribution is 0.245. The molecule has 108 valence electrons. The van der Waals surface area contributed by atoms with Crippen LogP contribution in [-0.4, -0.2) is 13.5 Å². The fourth-order valence-corrected chi connectivity index (χ4v) is 3.55. The normalized spacial score (nSPS) is 11.8. The molecule has 0 bridgehead atoms. The van der Waals surface area contributed by atoms with Gasteiger partial charge in [0.1, 0.15) is 23.1 Å². The van der Waals surface area contributed by atoms with Gasteiger partial charge >= 0.3 is 0 Å². The topological polar surface area (TPSA) is 79.5 Å². The van der Waals surface area contributed by atoms with E-state index in [-0.39, 0.29) is 27.4 Å². The van der Waals surface area contributed by atoms with E-state index in [9.17, 15) is 12.8 Å². The molecule has 20 heavy (non-hydrogen) atoms. The number of benzene rings is 1. The average molecular weight is 364 g/mol. The summed E-state index contributed by atoms with van der Waals surface area (Å²) in [7, 11) is -3.86. The van der Waals surface area contributed by atoms with Crippen LogP contribution in [0, 0.1) is 5.82 Å². The third-order valence-corrected chi connectivity index (χ3v) is 4.82. The zero-order valence-corrected chi connectivity index (χ0v) is 12.5. The second-order valence-corrected chi connectivity index (χ2v) is 6.38. The third kappa shape index (κ3) is 3.26. The molecule has 0 atom stereocenters. The van der Waals surface area contributed by atoms with Crippen LogP contribution in [0.2, 0.25) is 0 Å². The molecule has 2 aromatic rings. The van der Waals surface area contributed by atoms with E-state index in [2.05, 4.69) is 20.7 Å². The van der Waals surface area contributed by atoms with Crippen molar-refractivity contribution in [3.8, 4) is 0 Å². The number of rotatable bonds is 5. The number of hydrogen-bond acceptors (Lipinski definition) is 4. The monoisotopic (exact) mass is 363 g/mol. The van der Waals surface area contributed by atoms with Gasteiger partial charge in [-0.05, 0) is 22.0 Å². The number of aliphatic hydroxyl groups excluding tert-OH is 1. The number of sulfonamides is 1. The zero-order valence-electron chi connectivity index (χ0n) is 10.1. The van der Waals surface area contributed by atoms with Crippen molar-refractivity contribution in [2.75, 3.05) is 0 Å². The van der Waals surface area contributed by atoms with Gasteiger partial charge in [-0.15, -0.1) is 0 Å². The molecule has 0 saturated carbocycles. The molecular weight excluding hydrogens is 353 g/mol. The molecule has 0 saturated heterocycles. The lowest BCUT2D eigenvalue weighted by atomic mass is 10.2. The van der Waals surface area contributed by atoms with Crippen LogP contribution >= 0.6 is 15.9 Å². The number of halogens is 2. The maximum absolute atomic E-state index is 13.4. The largest absolute Gasteiger partial charge is 0.450 e. The molecule has 8 heteroatoms. The van der Waals surface area contributed by atoms with Gasteiger partial charge in [0, 0.05) is 18.2 Å². The summed E-state index contributed by atoms with van der Waals surface area (Å²) in [5, 5.41) is 8.91. The molecule has 0 fully saturated rings. The Morgan fingerprint density at radius 3 is 2.65 bits per heavy atom. The van der Waals surface area contributed by atoms with Gasteiger partial charge in [-0.2, -0.15) is 0 Å². The first-order chi connectivity index (χ1) is 9.44. The molecule has 1 aromatic heterocycles. The molecule has 0 aliphatic rings. The molecule has 5 nitrogen and oxygen atoms in total. The summed E-state index contributed by atoms with van der Waals surface area (Å²) < 4.78 is 44.8. The quantitative estimate of drug-likeness (QED) is 0.852. The first kappa shape index (κ1) is 15.2. The van der Waals surface area contributed by atoms with Gasteiger partial charge in [-0.3, -0.25) is 0 Å². The molecule has 0 amide bonds. The van der Waals surface area contributed by atoms with Gasteiger partial charge in [-0.25, -0.2) is 17.5 Å². The Labute approximate surface area is 123 Å². The van der Waals surface area contributed by atoms with E-state index < -0.39 is 22.4 Å². The zero-order chi connectivity index (χ0) is 14.8. The molecular formula is C12H11BrFNO4S. The van der Waals surface area contributed by atoms with Gasteiger partial charge in [0.15, 0.2) is 4.67 Å². The Morgan fingerprint density at radius 2 is 2.05 bits per heavy atom. The molecule has 1 aromatic carbocycles. The molecule has 2 N–H and O–H groups in total. The Bertz CT molecular complexity index is 714. The van der Waals surface area contributed by atoms with Crippen molar-refractivity contribution in [1.29, 1.82) is 0 Å². The van der Waals surface area contributed by atoms with Crippen molar-refractivity contribution in [3.63, 3.8) is 0 Å². The highest BCUT2D eigenvalue weighted by Gasteiger charge is 2.22. The molecule has 0 spiro atoms. The Morgan fingerprint density at radius 1 is 1.35 bits per heavy atom. The number of furan rings is 1. The summed E-state index contributed by atoms with van der Waals surface area (Å²) in [5.74, 6) is -0.374. The summed E-state index contributed by atoms with van der Waals surface area (Å²) in [5.41, 5.74) is 0.234. The third-order valence-electron chi connectivity index (χ3n) is 2.56. The highest BCUT2D eigenvalue weighted by molar-refractivity contribution is 9.10. The number of nitrogens with one attached hydrogen (secondary N) is 1. The predicted octanol–water partition coefficient (Wildman–Crippen LogP) is 2.15. The first-order valence-electron chi connectivity index (χ1n) is 5.56. The van der Waals surface area contributed by atoms with Gasteiger partial charge in [-0.1, -0.05) is 18.2 Å². The van der Waals surface area contributed by atoms with Crippen molar-refractivity contribution in [3.05, 3.63) is 52.1 Å². The lowest BCUT2D eigenvalue weighted by Crippen LogP contribution is -2.23. The first-order valence-corrected chi connectivity index (χ1v) is 7.84. The summed E-state index contributed by atoms with van der Waals surface area (Å²) in [4.78, 5) is -0.141. The SMILES string of the molecule is O=S(=O)(NCc1ccccc1F)c1cc(CO)oc1Br. The van der Waals surface area contributed by atoms with Crippen molar-refractivity contribution in [2.45, 2.75) is 18.0 Å². The maximum Gasteiger partial charge on any atom is 0.245 e. The minimum atomic E-state index is -3.86. The Kier molecular flexibility index (Phi) is 4.59. The standard InChI is InChI=1S/C12H11BrFNO4S/c13-12-11(5-9(7-16)19-12)20(17,18)15-6-8-3-1-2-4-10(8)14/h1-5,15-16H,6-7H2. The van der Waals surface area contributed by atoms with Gasteiger partial charge in [0.05, 0.1) is 0 Å². The van der Waals surface area contributed by atoms with E-state index in [1.165, 1.54) is 24.3 Å². The van der Waals surface area contributed by atoms with Gasteiger partial charge < -0.3 is 9.52 Å². The summed E-state index contributed by atoms with van der Waals surface area (Å²) >= 11 is 2.96. The van der Waals surface area contributed by atoms with Crippen LogP contribution in [0.1, 0.15) is 11.3 Å². The fraction of sp³-hybridized carbons (Fsp3) is 0.167. The summed E-state index contributed by atoms with van der Waals surface area (Å²) in [6, 6.07) is 7.08. The van der Waals surface area contributed by atoms with E-state index in [4.69, 9.17) is 9.52 Å². The number of aliphatic hydroxyl groups is 1. The minimum Gasteiger partial charge on any atom is -0.450 e. The van der Waals surface area contributed by atoms with Crippen LogP contribution < -0.4 is 4.72 Å². The van der Waals surface area contributed by atoms with Crippen molar-refractivity contribution < 1.29 is 22.3 Å². The van der Waals surface area contributed by atoms with Crippen molar-refractivity contribution in [1.82, 2.24) is 4.72 Å². The van der Waals surface area contributed by atoms with Gasteiger partial charge in [0.2, 0.25) is 10.0 Å². The maximum atomic E-state index is 13.4. The van der Waals surface area contributed by atoms with E-state index in [0.29, 0.717) is 0 Å². The van der Waals surface area contributed by atoms with Gasteiger partial charge in [0.25, 0.3) is 0 Å². The van der Waals surface area contributed by atoms with E-state index >= 15 is 0 Å². The highest BCUT2D eigenvalue weighted by atomic mass is 79.9. The van der Waals surface area contributed by atoms with Crippen LogP contribution in [0.25, 0.3) is 0 Å². The minimum absolute atomic E-state index is 0.0115. The fourth-order valence-electron chi connectivity index (χ4n) is 1.55. The number of hydrogen-bond donors (Lipinski definition) is 2. The van der Waals surface area contributed by atoms with Crippen LogP contribution in [0.3, 0.4) is 0 Å². The van der Waals surface area contributed by atoms with Crippen LogP contribution in [0.15, 0.2) is 44.3 Å². The van der Waals surface area contributed by atoms with Crippen LogP contribution in [0.5, 0.6) is 0 Å². The summed E-state index contributed by atoms with van der Waals surface area (Å²) in [6.07, 6.45) is 0. The molecule has 0 radical (unpaired) electrons. The molecule has 1 heterocycles. The lowest BCUT2D eigenvalue weighted by Gasteiger charge is -2.06. The molecule has 0 unspecified atom stereocenters.